The number of carbonyl (C=O) groups excluding carboxylic acids is 1. The highest BCUT2D eigenvalue weighted by atomic mass is 16.5. The molecule has 1 saturated heterocycles. The molecule has 1 fully saturated rings. The summed E-state index contributed by atoms with van der Waals surface area (Å²) in [4.78, 5) is 18.8. The fourth-order valence-corrected chi connectivity index (χ4v) is 2.77. The number of hydrogen-bond acceptors (Lipinski definition) is 5. The van der Waals surface area contributed by atoms with Crippen LogP contribution in [0.5, 0.6) is 0 Å². The van der Waals surface area contributed by atoms with Gasteiger partial charge in [-0.3, -0.25) is 4.79 Å². The zero-order chi connectivity index (χ0) is 16.1. The van der Waals surface area contributed by atoms with Gasteiger partial charge in [-0.1, -0.05) is 6.07 Å². The van der Waals surface area contributed by atoms with E-state index in [1.807, 2.05) is 18.2 Å². The van der Waals surface area contributed by atoms with Crippen LogP contribution in [0.4, 0.5) is 5.82 Å². The summed E-state index contributed by atoms with van der Waals surface area (Å²) < 4.78 is 10.4. The summed E-state index contributed by atoms with van der Waals surface area (Å²) in [5.74, 6) is 1.82. The lowest BCUT2D eigenvalue weighted by molar-refractivity contribution is 0.0894. The monoisotopic (exact) mass is 315 g/mol. The van der Waals surface area contributed by atoms with Crippen molar-refractivity contribution in [2.75, 3.05) is 25.1 Å². The maximum Gasteiger partial charge on any atom is 0.287 e. The fraction of sp³-hybridized carbons (Fsp3) is 0.412. The minimum Gasteiger partial charge on any atom is -0.453 e. The molecule has 6 nitrogen and oxygen atoms in total. The van der Waals surface area contributed by atoms with Gasteiger partial charge >= 0.3 is 0 Å². The topological polar surface area (TPSA) is 67.6 Å². The first-order valence-corrected chi connectivity index (χ1v) is 7.81. The molecule has 0 aromatic carbocycles. The van der Waals surface area contributed by atoms with Crippen LogP contribution in [0.3, 0.4) is 0 Å². The van der Waals surface area contributed by atoms with Gasteiger partial charge in [-0.2, -0.15) is 0 Å². The summed E-state index contributed by atoms with van der Waals surface area (Å²) in [6.07, 6.45) is 3.60. The molecule has 0 spiro atoms. The second kappa shape index (κ2) is 7.28. The van der Waals surface area contributed by atoms with Gasteiger partial charge in [0.15, 0.2) is 5.76 Å². The number of rotatable bonds is 5. The minimum absolute atomic E-state index is 0.163. The quantitative estimate of drug-likeness (QED) is 0.916. The summed E-state index contributed by atoms with van der Waals surface area (Å²) in [6.45, 7) is 2.14. The number of furan rings is 1. The van der Waals surface area contributed by atoms with Crippen molar-refractivity contribution in [1.29, 1.82) is 0 Å². The van der Waals surface area contributed by atoms with Gasteiger partial charge in [0, 0.05) is 32.4 Å². The van der Waals surface area contributed by atoms with Gasteiger partial charge in [-0.15, -0.1) is 0 Å². The Morgan fingerprint density at radius 3 is 2.87 bits per heavy atom. The Hall–Kier alpha value is -2.34. The molecule has 122 valence electrons. The van der Waals surface area contributed by atoms with E-state index in [-0.39, 0.29) is 11.9 Å². The van der Waals surface area contributed by atoms with E-state index in [1.54, 1.807) is 25.4 Å². The normalized spacial score (nSPS) is 15.6. The number of carbonyl (C=O) groups is 1. The van der Waals surface area contributed by atoms with Crippen LogP contribution in [0, 0.1) is 0 Å². The Morgan fingerprint density at radius 2 is 2.17 bits per heavy atom. The predicted molar refractivity (Wildman–Crippen MR) is 86.4 cm³/mol. The third-order valence-electron chi connectivity index (χ3n) is 3.98. The van der Waals surface area contributed by atoms with Gasteiger partial charge in [0.25, 0.3) is 5.91 Å². The second-order valence-electron chi connectivity index (χ2n) is 5.62. The minimum atomic E-state index is -0.163. The first-order chi connectivity index (χ1) is 11.3. The van der Waals surface area contributed by atoms with Gasteiger partial charge < -0.3 is 19.4 Å². The molecule has 0 unspecified atom stereocenters. The Balaban J connectivity index is 1.51. The summed E-state index contributed by atoms with van der Waals surface area (Å²) >= 11 is 0. The lowest BCUT2D eigenvalue weighted by Gasteiger charge is -2.32. The molecule has 1 aliphatic heterocycles. The molecule has 3 heterocycles. The van der Waals surface area contributed by atoms with E-state index in [0.717, 1.165) is 31.7 Å². The predicted octanol–water partition coefficient (Wildman–Crippen LogP) is 2.22. The van der Waals surface area contributed by atoms with Gasteiger partial charge in [0.1, 0.15) is 18.2 Å². The van der Waals surface area contributed by atoms with Crippen molar-refractivity contribution in [3.8, 4) is 0 Å². The van der Waals surface area contributed by atoms with Crippen molar-refractivity contribution < 1.29 is 13.9 Å². The van der Waals surface area contributed by atoms with Crippen LogP contribution in [0.25, 0.3) is 0 Å². The van der Waals surface area contributed by atoms with Crippen molar-refractivity contribution in [1.82, 2.24) is 10.3 Å². The van der Waals surface area contributed by atoms with Gasteiger partial charge in [-0.05, 0) is 37.1 Å². The number of nitrogens with zero attached hydrogens (tertiary/aromatic N) is 2. The molecule has 6 heteroatoms. The molecule has 1 amide bonds. The van der Waals surface area contributed by atoms with E-state index in [0.29, 0.717) is 18.1 Å². The van der Waals surface area contributed by atoms with Crippen LogP contribution >= 0.6 is 0 Å². The Bertz CT molecular complexity index is 634. The van der Waals surface area contributed by atoms with Gasteiger partial charge in [-0.25, -0.2) is 4.98 Å². The van der Waals surface area contributed by atoms with Crippen LogP contribution in [-0.4, -0.2) is 37.1 Å². The zero-order valence-electron chi connectivity index (χ0n) is 13.2. The van der Waals surface area contributed by atoms with Crippen molar-refractivity contribution in [2.24, 2.45) is 0 Å². The van der Waals surface area contributed by atoms with E-state index in [1.165, 1.54) is 0 Å². The van der Waals surface area contributed by atoms with Crippen LogP contribution in [0.15, 0.2) is 40.9 Å². The van der Waals surface area contributed by atoms with Crippen LogP contribution in [0.1, 0.15) is 29.2 Å². The van der Waals surface area contributed by atoms with E-state index in [2.05, 4.69) is 15.2 Å². The average molecular weight is 315 g/mol. The number of nitrogens with one attached hydrogen (secondary N) is 1. The average Bonchev–Trinajstić information content (AvgIpc) is 3.06. The van der Waals surface area contributed by atoms with Crippen molar-refractivity contribution in [3.05, 3.63) is 48.0 Å². The highest BCUT2D eigenvalue weighted by molar-refractivity contribution is 5.91. The second-order valence-corrected chi connectivity index (χ2v) is 5.62. The molecule has 0 bridgehead atoms. The molecular formula is C17H21N3O3. The summed E-state index contributed by atoms with van der Waals surface area (Å²) in [5, 5.41) is 3.04. The molecular weight excluding hydrogens is 294 g/mol. The number of pyridine rings is 1. The van der Waals surface area contributed by atoms with E-state index < -0.39 is 0 Å². The number of hydrogen-bond donors (Lipinski definition) is 1. The van der Waals surface area contributed by atoms with Gasteiger partial charge in [0.2, 0.25) is 0 Å². The fourth-order valence-electron chi connectivity index (χ4n) is 2.77. The number of methoxy groups -OCH3 is 1. The van der Waals surface area contributed by atoms with Crippen LogP contribution in [-0.2, 0) is 11.3 Å². The molecule has 23 heavy (non-hydrogen) atoms. The number of ether oxygens (including phenoxy) is 1. The lowest BCUT2D eigenvalue weighted by atomic mass is 10.0. The third kappa shape index (κ3) is 3.90. The number of aromatic nitrogens is 1. The molecule has 0 aliphatic carbocycles. The van der Waals surface area contributed by atoms with Crippen LogP contribution < -0.4 is 10.2 Å². The molecule has 1 N–H and O–H groups in total. The molecule has 0 saturated carbocycles. The number of anilines is 1. The molecule has 2 aromatic heterocycles. The van der Waals surface area contributed by atoms with Crippen LogP contribution in [0.2, 0.25) is 0 Å². The highest BCUT2D eigenvalue weighted by Crippen LogP contribution is 2.18. The molecule has 2 aromatic rings. The molecule has 1 aliphatic rings. The van der Waals surface area contributed by atoms with Crippen molar-refractivity contribution in [3.63, 3.8) is 0 Å². The van der Waals surface area contributed by atoms with E-state index >= 15 is 0 Å². The molecule has 3 rings (SSSR count). The first-order valence-electron chi connectivity index (χ1n) is 7.81. The lowest BCUT2D eigenvalue weighted by Crippen LogP contribution is -2.44. The van der Waals surface area contributed by atoms with E-state index in [9.17, 15) is 4.79 Å². The summed E-state index contributed by atoms with van der Waals surface area (Å²) in [6, 6.07) is 9.54. The van der Waals surface area contributed by atoms with E-state index in [4.69, 9.17) is 9.15 Å². The SMILES string of the molecule is COCc1ccc(C(=O)NC2CCN(c3ccccn3)CC2)o1. The summed E-state index contributed by atoms with van der Waals surface area (Å²) in [5.41, 5.74) is 0. The molecule has 0 atom stereocenters. The molecule has 0 radical (unpaired) electrons. The maximum absolute atomic E-state index is 12.2. The smallest absolute Gasteiger partial charge is 0.287 e. The third-order valence-corrected chi connectivity index (χ3v) is 3.98. The first kappa shape index (κ1) is 15.6. The Labute approximate surface area is 135 Å². The zero-order valence-corrected chi connectivity index (χ0v) is 13.2. The Kier molecular flexibility index (Phi) is 4.92. The standard InChI is InChI=1S/C17H21N3O3/c1-22-12-14-5-6-15(23-14)17(21)19-13-7-10-20(11-8-13)16-4-2-3-9-18-16/h2-6,9,13H,7-8,10-12H2,1H3,(H,19,21). The number of piperidine rings is 1. The van der Waals surface area contributed by atoms with Gasteiger partial charge in [0.05, 0.1) is 0 Å². The number of amides is 1. The maximum atomic E-state index is 12.2. The van der Waals surface area contributed by atoms with Crippen molar-refractivity contribution in [2.45, 2.75) is 25.5 Å². The largest absolute Gasteiger partial charge is 0.453 e. The highest BCUT2D eigenvalue weighted by Gasteiger charge is 2.22. The Morgan fingerprint density at radius 1 is 1.35 bits per heavy atom. The van der Waals surface area contributed by atoms with Crippen molar-refractivity contribution >= 4 is 11.7 Å². The summed E-state index contributed by atoms with van der Waals surface area (Å²) in [7, 11) is 1.59.